The molecule has 0 radical (unpaired) electrons. The van der Waals surface area contributed by atoms with Gasteiger partial charge in [-0.2, -0.15) is 10.1 Å². The molecular formula is C26H34ClFN8O2S. The van der Waals surface area contributed by atoms with Crippen LogP contribution in [0.3, 0.4) is 0 Å². The van der Waals surface area contributed by atoms with E-state index in [0.29, 0.717) is 41.5 Å². The standard InChI is InChI=1S/C26H34ClFN8O2S/c1-16-12-23(30-26-29-15-21(27)25(32-26)31-24-13-17(2)33-34-24)22(28)14-20(16)18-4-8-35(9-5-18)19-6-10-36(11-7-19)39(3,37)38/h12-15,18-19H,4-11H2,1-3H3,(H3,29,30,31,32,33,34). The number of piperidine rings is 2. The number of aromatic amines is 1. The highest BCUT2D eigenvalue weighted by molar-refractivity contribution is 7.88. The van der Waals surface area contributed by atoms with E-state index >= 15 is 4.39 Å². The van der Waals surface area contributed by atoms with Gasteiger partial charge in [-0.25, -0.2) is 22.1 Å². The summed E-state index contributed by atoms with van der Waals surface area (Å²) < 4.78 is 40.5. The Morgan fingerprint density at radius 3 is 2.41 bits per heavy atom. The lowest BCUT2D eigenvalue weighted by molar-refractivity contribution is 0.110. The Hall–Kier alpha value is -2.80. The molecule has 10 nitrogen and oxygen atoms in total. The number of anilines is 4. The Balaban J connectivity index is 1.21. The number of halogens is 2. The SMILES string of the molecule is Cc1cc(Nc2nc(Nc3cc(C)c(C4CCN(C5CCN(S(C)(=O)=O)CC5)CC4)cc3F)ncc2Cl)n[nH]1. The molecule has 39 heavy (non-hydrogen) atoms. The van der Waals surface area contributed by atoms with Crippen LogP contribution in [0, 0.1) is 19.7 Å². The topological polar surface area (TPSA) is 119 Å². The Kier molecular flexibility index (Phi) is 8.08. The summed E-state index contributed by atoms with van der Waals surface area (Å²) in [7, 11) is -3.12. The van der Waals surface area contributed by atoms with Gasteiger partial charge >= 0.3 is 0 Å². The second-order valence-corrected chi connectivity index (χ2v) is 12.9. The molecule has 5 rings (SSSR count). The van der Waals surface area contributed by atoms with Crippen molar-refractivity contribution in [3.05, 3.63) is 52.1 Å². The third kappa shape index (κ3) is 6.51. The Labute approximate surface area is 233 Å². The van der Waals surface area contributed by atoms with Crippen molar-refractivity contribution in [3.63, 3.8) is 0 Å². The number of hydrogen-bond donors (Lipinski definition) is 3. The first-order chi connectivity index (χ1) is 18.6. The van der Waals surface area contributed by atoms with Gasteiger partial charge in [0.15, 0.2) is 11.6 Å². The van der Waals surface area contributed by atoms with Gasteiger partial charge in [-0.3, -0.25) is 5.10 Å². The zero-order valence-corrected chi connectivity index (χ0v) is 23.9. The maximum atomic E-state index is 15.3. The van der Waals surface area contributed by atoms with Crippen molar-refractivity contribution in [2.45, 2.75) is 51.5 Å². The van der Waals surface area contributed by atoms with E-state index in [1.807, 2.05) is 19.9 Å². The molecule has 210 valence electrons. The molecule has 13 heteroatoms. The molecule has 2 aliphatic rings. The van der Waals surface area contributed by atoms with Gasteiger partial charge in [-0.15, -0.1) is 0 Å². The van der Waals surface area contributed by atoms with Crippen LogP contribution in [0.1, 0.15) is 48.4 Å². The van der Waals surface area contributed by atoms with Crippen LogP contribution in [-0.4, -0.2) is 76.3 Å². The molecule has 1 aromatic carbocycles. The molecule has 0 bridgehead atoms. The molecule has 2 saturated heterocycles. The lowest BCUT2D eigenvalue weighted by Crippen LogP contribution is -2.48. The van der Waals surface area contributed by atoms with Crippen LogP contribution < -0.4 is 10.6 Å². The number of nitrogens with zero attached hydrogens (tertiary/aromatic N) is 5. The molecular weight excluding hydrogens is 543 g/mol. The summed E-state index contributed by atoms with van der Waals surface area (Å²) in [6.45, 7) is 6.92. The van der Waals surface area contributed by atoms with Crippen molar-refractivity contribution in [1.29, 1.82) is 0 Å². The third-order valence-electron chi connectivity index (χ3n) is 7.68. The fraction of sp³-hybridized carbons (Fsp3) is 0.500. The number of aryl methyl sites for hydroxylation is 2. The first-order valence-corrected chi connectivity index (χ1v) is 15.4. The molecule has 0 atom stereocenters. The predicted octanol–water partition coefficient (Wildman–Crippen LogP) is 4.70. The van der Waals surface area contributed by atoms with Gasteiger partial charge in [0, 0.05) is 30.9 Å². The normalized spacial score (nSPS) is 18.4. The molecule has 0 spiro atoms. The van der Waals surface area contributed by atoms with E-state index < -0.39 is 10.0 Å². The van der Waals surface area contributed by atoms with E-state index in [0.717, 1.165) is 55.6 Å². The summed E-state index contributed by atoms with van der Waals surface area (Å²) in [5.41, 5.74) is 3.23. The predicted molar refractivity (Wildman–Crippen MR) is 151 cm³/mol. The number of H-pyrrole nitrogens is 1. The van der Waals surface area contributed by atoms with Gasteiger partial charge in [-0.05, 0) is 81.8 Å². The summed E-state index contributed by atoms with van der Waals surface area (Å²) in [6, 6.07) is 5.66. The average molecular weight is 577 g/mol. The third-order valence-corrected chi connectivity index (χ3v) is 9.26. The molecule has 3 aromatic rings. The molecule has 3 N–H and O–H groups in total. The van der Waals surface area contributed by atoms with Crippen molar-refractivity contribution in [2.24, 2.45) is 0 Å². The number of benzene rings is 1. The monoisotopic (exact) mass is 576 g/mol. The second kappa shape index (κ2) is 11.4. The number of aromatic nitrogens is 4. The summed E-state index contributed by atoms with van der Waals surface area (Å²) in [5.74, 6) is 1.07. The fourth-order valence-corrected chi connectivity index (χ4v) is 6.60. The molecule has 2 aliphatic heterocycles. The number of sulfonamides is 1. The zero-order chi connectivity index (χ0) is 27.7. The van der Waals surface area contributed by atoms with E-state index in [-0.39, 0.29) is 17.7 Å². The van der Waals surface area contributed by atoms with Gasteiger partial charge in [0.05, 0.1) is 18.1 Å². The van der Waals surface area contributed by atoms with E-state index in [2.05, 4.69) is 35.7 Å². The first kappa shape index (κ1) is 27.8. The first-order valence-electron chi connectivity index (χ1n) is 13.1. The van der Waals surface area contributed by atoms with Crippen LogP contribution in [0.25, 0.3) is 0 Å². The minimum absolute atomic E-state index is 0.218. The maximum absolute atomic E-state index is 15.3. The average Bonchev–Trinajstić information content (AvgIpc) is 3.32. The number of likely N-dealkylation sites (tertiary alicyclic amines) is 1. The highest BCUT2D eigenvalue weighted by Crippen LogP contribution is 2.35. The molecule has 0 aliphatic carbocycles. The smallest absolute Gasteiger partial charge is 0.229 e. The van der Waals surface area contributed by atoms with Gasteiger partial charge in [0.25, 0.3) is 0 Å². The van der Waals surface area contributed by atoms with Crippen LogP contribution in [-0.2, 0) is 10.0 Å². The summed E-state index contributed by atoms with van der Waals surface area (Å²) in [5, 5.41) is 13.3. The van der Waals surface area contributed by atoms with Crippen molar-refractivity contribution >= 4 is 44.9 Å². The number of rotatable bonds is 7. The Bertz CT molecular complexity index is 1430. The number of hydrogen-bond acceptors (Lipinski definition) is 8. The largest absolute Gasteiger partial charge is 0.322 e. The fourth-order valence-electron chi connectivity index (χ4n) is 5.59. The van der Waals surface area contributed by atoms with Gasteiger partial charge in [0.2, 0.25) is 16.0 Å². The summed E-state index contributed by atoms with van der Waals surface area (Å²) in [6.07, 6.45) is 6.34. The van der Waals surface area contributed by atoms with Crippen LogP contribution in [0.4, 0.5) is 27.7 Å². The molecule has 2 aromatic heterocycles. The van der Waals surface area contributed by atoms with Gasteiger partial charge in [0.1, 0.15) is 10.8 Å². The van der Waals surface area contributed by atoms with Crippen LogP contribution in [0.5, 0.6) is 0 Å². The Morgan fingerprint density at radius 2 is 1.77 bits per heavy atom. The Morgan fingerprint density at radius 1 is 1.05 bits per heavy atom. The highest BCUT2D eigenvalue weighted by Gasteiger charge is 2.31. The van der Waals surface area contributed by atoms with Crippen molar-refractivity contribution in [3.8, 4) is 0 Å². The van der Waals surface area contributed by atoms with Crippen LogP contribution in [0.2, 0.25) is 5.02 Å². The molecule has 0 amide bonds. The molecule has 0 unspecified atom stereocenters. The van der Waals surface area contributed by atoms with E-state index in [1.165, 1.54) is 12.5 Å². The minimum atomic E-state index is -3.12. The van der Waals surface area contributed by atoms with E-state index in [9.17, 15) is 8.42 Å². The van der Waals surface area contributed by atoms with Crippen LogP contribution >= 0.6 is 11.6 Å². The summed E-state index contributed by atoms with van der Waals surface area (Å²) >= 11 is 6.25. The lowest BCUT2D eigenvalue weighted by Gasteiger charge is -2.41. The maximum Gasteiger partial charge on any atom is 0.229 e. The van der Waals surface area contributed by atoms with Crippen molar-refractivity contribution < 1.29 is 12.8 Å². The lowest BCUT2D eigenvalue weighted by atomic mass is 9.85. The summed E-state index contributed by atoms with van der Waals surface area (Å²) in [4.78, 5) is 11.1. The van der Waals surface area contributed by atoms with Gasteiger partial charge < -0.3 is 15.5 Å². The van der Waals surface area contributed by atoms with Crippen LogP contribution in [0.15, 0.2) is 24.4 Å². The van der Waals surface area contributed by atoms with Crippen molar-refractivity contribution in [2.75, 3.05) is 43.1 Å². The molecule has 0 saturated carbocycles. The van der Waals surface area contributed by atoms with Gasteiger partial charge in [-0.1, -0.05) is 11.6 Å². The van der Waals surface area contributed by atoms with E-state index in [4.69, 9.17) is 11.6 Å². The molecule has 2 fully saturated rings. The molecule has 4 heterocycles. The quantitative estimate of drug-likeness (QED) is 0.370. The highest BCUT2D eigenvalue weighted by atomic mass is 35.5. The minimum Gasteiger partial charge on any atom is -0.322 e. The van der Waals surface area contributed by atoms with E-state index in [1.54, 1.807) is 16.4 Å². The second-order valence-electron chi connectivity index (χ2n) is 10.5. The number of nitrogens with one attached hydrogen (secondary N) is 3. The van der Waals surface area contributed by atoms with Crippen molar-refractivity contribution in [1.82, 2.24) is 29.4 Å². The zero-order valence-electron chi connectivity index (χ0n) is 22.3.